The molecule has 0 fully saturated rings. The molecule has 0 aliphatic rings. The molecule has 0 aliphatic carbocycles. The predicted octanol–water partition coefficient (Wildman–Crippen LogP) is 1.85. The minimum Gasteiger partial charge on any atom is -0.389 e. The number of fused-ring (bicyclic) bond motifs is 1. The summed E-state index contributed by atoms with van der Waals surface area (Å²) in [7, 11) is 2.01. The quantitative estimate of drug-likeness (QED) is 0.896. The van der Waals surface area contributed by atoms with Gasteiger partial charge in [0, 0.05) is 19.3 Å². The largest absolute Gasteiger partial charge is 0.389 e. The topological polar surface area (TPSA) is 40.8 Å². The number of hydrogen-bond donors (Lipinski definition) is 1. The highest BCUT2D eigenvalue weighted by molar-refractivity contribution is 5.42. The molecule has 18 heavy (non-hydrogen) atoms. The normalized spacial score (nSPS) is 12.6. The Hall–Kier alpha value is -1.39. The van der Waals surface area contributed by atoms with E-state index in [1.807, 2.05) is 33.3 Å². The minimum atomic E-state index is -0.675. The van der Waals surface area contributed by atoms with E-state index in [2.05, 4.69) is 33.3 Å². The first kappa shape index (κ1) is 13.1. The molecule has 0 aliphatic heterocycles. The second kappa shape index (κ2) is 4.71. The molecule has 0 atom stereocenters. The molecule has 2 heterocycles. The van der Waals surface area contributed by atoms with Gasteiger partial charge in [-0.05, 0) is 45.5 Å². The molecule has 0 spiro atoms. The number of rotatable bonds is 4. The van der Waals surface area contributed by atoms with Crippen molar-refractivity contribution in [3.8, 4) is 0 Å². The van der Waals surface area contributed by atoms with E-state index in [4.69, 9.17) is 0 Å². The van der Waals surface area contributed by atoms with Crippen molar-refractivity contribution >= 4 is 5.65 Å². The lowest BCUT2D eigenvalue weighted by atomic mass is 10.1. The van der Waals surface area contributed by atoms with Gasteiger partial charge in [0.25, 0.3) is 0 Å². The fraction of sp³-hybridized carbons (Fsp3) is 0.500. The fourth-order valence-corrected chi connectivity index (χ4v) is 2.24. The van der Waals surface area contributed by atoms with Crippen LogP contribution in [0.25, 0.3) is 5.65 Å². The smallest absolute Gasteiger partial charge is 0.137 e. The summed E-state index contributed by atoms with van der Waals surface area (Å²) in [6, 6.07) is 4.15. The average Bonchev–Trinajstić information content (AvgIpc) is 2.57. The zero-order valence-electron chi connectivity index (χ0n) is 11.5. The molecule has 0 aromatic carbocycles. The standard InChI is InChI=1S/C14H21N3O/c1-11-5-6-17-12(8-15-13(17)7-11)9-16(4)10-14(2,3)18/h5-8,18H,9-10H2,1-4H3. The van der Waals surface area contributed by atoms with Crippen molar-refractivity contribution in [2.75, 3.05) is 13.6 Å². The lowest BCUT2D eigenvalue weighted by Gasteiger charge is -2.25. The minimum absolute atomic E-state index is 0.631. The van der Waals surface area contributed by atoms with Gasteiger partial charge in [-0.1, -0.05) is 0 Å². The fourth-order valence-electron chi connectivity index (χ4n) is 2.24. The lowest BCUT2D eigenvalue weighted by molar-refractivity contribution is 0.0421. The molecule has 1 N–H and O–H groups in total. The summed E-state index contributed by atoms with van der Waals surface area (Å²) in [5, 5.41) is 9.80. The van der Waals surface area contributed by atoms with Crippen molar-refractivity contribution in [2.45, 2.75) is 32.9 Å². The van der Waals surface area contributed by atoms with Crippen molar-refractivity contribution < 1.29 is 5.11 Å². The summed E-state index contributed by atoms with van der Waals surface area (Å²) in [5.74, 6) is 0. The van der Waals surface area contributed by atoms with Crippen LogP contribution < -0.4 is 0 Å². The molecule has 0 unspecified atom stereocenters. The second-order valence-corrected chi connectivity index (χ2v) is 5.67. The average molecular weight is 247 g/mol. The van der Waals surface area contributed by atoms with Gasteiger partial charge in [0.05, 0.1) is 17.5 Å². The van der Waals surface area contributed by atoms with E-state index < -0.39 is 5.60 Å². The van der Waals surface area contributed by atoms with Crippen molar-refractivity contribution in [1.29, 1.82) is 0 Å². The summed E-state index contributed by atoms with van der Waals surface area (Å²) in [6.07, 6.45) is 3.95. The highest BCUT2D eigenvalue weighted by Crippen LogP contribution is 2.12. The Balaban J connectivity index is 2.17. The zero-order chi connectivity index (χ0) is 13.3. The molecule has 0 radical (unpaired) electrons. The Morgan fingerprint density at radius 2 is 2.17 bits per heavy atom. The van der Waals surface area contributed by atoms with Gasteiger partial charge in [0.2, 0.25) is 0 Å². The molecular weight excluding hydrogens is 226 g/mol. The van der Waals surface area contributed by atoms with Gasteiger partial charge in [0.15, 0.2) is 0 Å². The third kappa shape index (κ3) is 3.09. The Morgan fingerprint density at radius 3 is 2.83 bits per heavy atom. The van der Waals surface area contributed by atoms with E-state index >= 15 is 0 Å². The van der Waals surface area contributed by atoms with Crippen LogP contribution in [-0.2, 0) is 6.54 Å². The van der Waals surface area contributed by atoms with Gasteiger partial charge in [-0.25, -0.2) is 4.98 Å². The molecule has 98 valence electrons. The summed E-state index contributed by atoms with van der Waals surface area (Å²) in [5.41, 5.74) is 2.65. The predicted molar refractivity (Wildman–Crippen MR) is 72.6 cm³/mol. The molecule has 0 amide bonds. The first-order valence-corrected chi connectivity index (χ1v) is 6.19. The number of likely N-dealkylation sites (N-methyl/N-ethyl adjacent to an activating group) is 1. The van der Waals surface area contributed by atoms with Crippen LogP contribution in [0.15, 0.2) is 24.5 Å². The number of nitrogens with zero attached hydrogens (tertiary/aromatic N) is 3. The summed E-state index contributed by atoms with van der Waals surface area (Å²) < 4.78 is 2.09. The highest BCUT2D eigenvalue weighted by atomic mass is 16.3. The third-order valence-electron chi connectivity index (χ3n) is 2.83. The van der Waals surface area contributed by atoms with Crippen LogP contribution in [0, 0.1) is 6.92 Å². The van der Waals surface area contributed by atoms with Gasteiger partial charge >= 0.3 is 0 Å². The molecule has 4 nitrogen and oxygen atoms in total. The van der Waals surface area contributed by atoms with Crippen molar-refractivity contribution in [2.24, 2.45) is 0 Å². The Morgan fingerprint density at radius 1 is 1.44 bits per heavy atom. The third-order valence-corrected chi connectivity index (χ3v) is 2.83. The van der Waals surface area contributed by atoms with E-state index in [0.29, 0.717) is 6.54 Å². The maximum Gasteiger partial charge on any atom is 0.137 e. The molecular formula is C14H21N3O. The van der Waals surface area contributed by atoms with Crippen LogP contribution in [0.5, 0.6) is 0 Å². The lowest BCUT2D eigenvalue weighted by Crippen LogP contribution is -2.36. The maximum atomic E-state index is 9.80. The monoisotopic (exact) mass is 247 g/mol. The van der Waals surface area contributed by atoms with E-state index in [0.717, 1.165) is 17.9 Å². The summed E-state index contributed by atoms with van der Waals surface area (Å²) in [4.78, 5) is 6.50. The number of pyridine rings is 1. The van der Waals surface area contributed by atoms with E-state index in [1.54, 1.807) is 0 Å². The van der Waals surface area contributed by atoms with Crippen molar-refractivity contribution in [3.63, 3.8) is 0 Å². The number of hydrogen-bond acceptors (Lipinski definition) is 3. The van der Waals surface area contributed by atoms with Gasteiger partial charge < -0.3 is 9.51 Å². The number of aliphatic hydroxyl groups is 1. The Labute approximate surface area is 108 Å². The van der Waals surface area contributed by atoms with E-state index in [9.17, 15) is 5.11 Å². The van der Waals surface area contributed by atoms with Crippen molar-refractivity contribution in [1.82, 2.24) is 14.3 Å². The van der Waals surface area contributed by atoms with Crippen LogP contribution >= 0.6 is 0 Å². The van der Waals surface area contributed by atoms with Crippen molar-refractivity contribution in [3.05, 3.63) is 35.8 Å². The van der Waals surface area contributed by atoms with Crippen LogP contribution in [0.3, 0.4) is 0 Å². The maximum absolute atomic E-state index is 9.80. The van der Waals surface area contributed by atoms with Gasteiger partial charge in [-0.15, -0.1) is 0 Å². The molecule has 4 heteroatoms. The zero-order valence-corrected chi connectivity index (χ0v) is 11.5. The second-order valence-electron chi connectivity index (χ2n) is 5.67. The molecule has 2 aromatic heterocycles. The molecule has 2 aromatic rings. The first-order valence-electron chi connectivity index (χ1n) is 6.19. The summed E-state index contributed by atoms with van der Waals surface area (Å²) >= 11 is 0. The van der Waals surface area contributed by atoms with Gasteiger partial charge in [-0.2, -0.15) is 0 Å². The van der Waals surface area contributed by atoms with Gasteiger partial charge in [-0.3, -0.25) is 4.90 Å². The van der Waals surface area contributed by atoms with Gasteiger partial charge in [0.1, 0.15) is 5.65 Å². The molecule has 0 saturated carbocycles. The molecule has 2 rings (SSSR count). The molecule has 0 bridgehead atoms. The van der Waals surface area contributed by atoms with Crippen LogP contribution in [0.4, 0.5) is 0 Å². The van der Waals surface area contributed by atoms with E-state index in [-0.39, 0.29) is 0 Å². The molecule has 0 saturated heterocycles. The summed E-state index contributed by atoms with van der Waals surface area (Å²) in [6.45, 7) is 7.11. The SMILES string of the molecule is Cc1ccn2c(CN(C)CC(C)(C)O)cnc2c1. The number of imidazole rings is 1. The Kier molecular flexibility index (Phi) is 3.41. The number of aromatic nitrogens is 2. The first-order chi connectivity index (χ1) is 8.35. The van der Waals surface area contributed by atoms with Crippen LogP contribution in [0.2, 0.25) is 0 Å². The Bertz CT molecular complexity index is 539. The van der Waals surface area contributed by atoms with Crippen LogP contribution in [0.1, 0.15) is 25.1 Å². The number of aryl methyl sites for hydroxylation is 1. The van der Waals surface area contributed by atoms with E-state index in [1.165, 1.54) is 5.56 Å². The van der Waals surface area contributed by atoms with Crippen LogP contribution in [-0.4, -0.2) is 38.6 Å². The highest BCUT2D eigenvalue weighted by Gasteiger charge is 2.16.